The monoisotopic (exact) mass is 382 g/mol. The number of fused-ring (bicyclic) bond motifs is 1. The maximum Gasteiger partial charge on any atom is 0.269 e. The standard InChI is InChI=1S/C19H18N4OS2/c1-3-9-23-15-7-5-4-6-14(15)21-19(23)22-17(24)16-12(2)20-18(26-16)13-8-10-25-11-13/h4-8,10-11H,3,9H2,1-2H3,(H,21,22,24). The van der Waals surface area contributed by atoms with Crippen molar-refractivity contribution < 1.29 is 4.79 Å². The zero-order chi connectivity index (χ0) is 18.1. The van der Waals surface area contributed by atoms with Gasteiger partial charge in [0.25, 0.3) is 5.91 Å². The van der Waals surface area contributed by atoms with Crippen molar-refractivity contribution in [3.8, 4) is 10.6 Å². The summed E-state index contributed by atoms with van der Waals surface area (Å²) in [4.78, 5) is 22.6. The SMILES string of the molecule is CCCn1c(NC(=O)c2sc(-c3ccsc3)nc2C)nc2ccccc21. The number of carbonyl (C=O) groups excluding carboxylic acids is 1. The quantitative estimate of drug-likeness (QED) is 0.516. The molecule has 26 heavy (non-hydrogen) atoms. The molecule has 0 unspecified atom stereocenters. The molecule has 132 valence electrons. The largest absolute Gasteiger partial charge is 0.310 e. The number of carbonyl (C=O) groups is 1. The lowest BCUT2D eigenvalue weighted by Crippen LogP contribution is -2.16. The van der Waals surface area contributed by atoms with Crippen molar-refractivity contribution in [2.24, 2.45) is 0 Å². The zero-order valence-electron chi connectivity index (χ0n) is 14.5. The molecule has 0 saturated heterocycles. The van der Waals surface area contributed by atoms with Crippen LogP contribution < -0.4 is 5.32 Å². The molecule has 0 fully saturated rings. The van der Waals surface area contributed by atoms with Gasteiger partial charge in [0.2, 0.25) is 5.95 Å². The van der Waals surface area contributed by atoms with Crippen LogP contribution >= 0.6 is 22.7 Å². The summed E-state index contributed by atoms with van der Waals surface area (Å²) >= 11 is 3.04. The van der Waals surface area contributed by atoms with Gasteiger partial charge in [-0.1, -0.05) is 19.1 Å². The molecule has 4 rings (SSSR count). The van der Waals surface area contributed by atoms with Crippen LogP contribution in [-0.2, 0) is 6.54 Å². The number of thiazole rings is 1. The average molecular weight is 383 g/mol. The van der Waals surface area contributed by atoms with Crippen LogP contribution in [0.2, 0.25) is 0 Å². The first-order chi connectivity index (χ1) is 12.7. The van der Waals surface area contributed by atoms with Crippen molar-refractivity contribution in [3.63, 3.8) is 0 Å². The zero-order valence-corrected chi connectivity index (χ0v) is 16.2. The highest BCUT2D eigenvalue weighted by Crippen LogP contribution is 2.30. The number of para-hydroxylation sites is 2. The number of hydrogen-bond donors (Lipinski definition) is 1. The second kappa shape index (κ2) is 7.01. The molecule has 0 bridgehead atoms. The summed E-state index contributed by atoms with van der Waals surface area (Å²) in [5.41, 5.74) is 3.72. The second-order valence-electron chi connectivity index (χ2n) is 5.98. The highest BCUT2D eigenvalue weighted by molar-refractivity contribution is 7.17. The predicted octanol–water partition coefficient (Wildman–Crippen LogP) is 5.19. The van der Waals surface area contributed by atoms with E-state index in [1.807, 2.05) is 48.0 Å². The molecule has 0 aliphatic carbocycles. The molecular weight excluding hydrogens is 364 g/mol. The highest BCUT2D eigenvalue weighted by Gasteiger charge is 2.19. The molecule has 3 heterocycles. The Labute approximate surface area is 159 Å². The third-order valence-electron chi connectivity index (χ3n) is 4.10. The third-order valence-corrected chi connectivity index (χ3v) is 5.99. The van der Waals surface area contributed by atoms with Crippen LogP contribution in [0.15, 0.2) is 41.1 Å². The first kappa shape index (κ1) is 16.9. The lowest BCUT2D eigenvalue weighted by molar-refractivity contribution is 0.102. The van der Waals surface area contributed by atoms with Crippen LogP contribution in [0.1, 0.15) is 28.7 Å². The summed E-state index contributed by atoms with van der Waals surface area (Å²) in [7, 11) is 0. The number of rotatable bonds is 5. The van der Waals surface area contributed by atoms with Gasteiger partial charge in [0.1, 0.15) is 9.88 Å². The van der Waals surface area contributed by atoms with Crippen LogP contribution in [0.25, 0.3) is 21.6 Å². The highest BCUT2D eigenvalue weighted by atomic mass is 32.1. The molecule has 7 heteroatoms. The Bertz CT molecular complexity index is 1060. The smallest absolute Gasteiger partial charge is 0.269 e. The lowest BCUT2D eigenvalue weighted by atomic mass is 10.3. The molecule has 0 aliphatic heterocycles. The number of benzene rings is 1. The maximum atomic E-state index is 12.9. The van der Waals surface area contributed by atoms with Crippen LogP contribution in [0.3, 0.4) is 0 Å². The van der Waals surface area contributed by atoms with Crippen molar-refractivity contribution in [3.05, 3.63) is 51.7 Å². The fraction of sp³-hybridized carbons (Fsp3) is 0.211. The Kier molecular flexibility index (Phi) is 4.57. The Hall–Kier alpha value is -2.51. The number of anilines is 1. The van der Waals surface area contributed by atoms with Gasteiger partial charge >= 0.3 is 0 Å². The number of aromatic nitrogens is 3. The Morgan fingerprint density at radius 2 is 2.08 bits per heavy atom. The van der Waals surface area contributed by atoms with E-state index in [-0.39, 0.29) is 5.91 Å². The number of imidazole rings is 1. The molecule has 3 aromatic heterocycles. The van der Waals surface area contributed by atoms with Gasteiger partial charge < -0.3 is 4.57 Å². The van der Waals surface area contributed by atoms with E-state index in [1.54, 1.807) is 11.3 Å². The Balaban J connectivity index is 1.67. The van der Waals surface area contributed by atoms with E-state index in [0.717, 1.165) is 40.3 Å². The van der Waals surface area contributed by atoms with Gasteiger partial charge in [0.05, 0.1) is 16.7 Å². The van der Waals surface area contributed by atoms with Crippen LogP contribution in [0.4, 0.5) is 5.95 Å². The van der Waals surface area contributed by atoms with E-state index < -0.39 is 0 Å². The van der Waals surface area contributed by atoms with Crippen molar-refractivity contribution in [1.82, 2.24) is 14.5 Å². The van der Waals surface area contributed by atoms with Gasteiger partial charge in [-0.25, -0.2) is 9.97 Å². The van der Waals surface area contributed by atoms with Crippen molar-refractivity contribution >= 4 is 45.6 Å². The molecule has 1 amide bonds. The van der Waals surface area contributed by atoms with Crippen molar-refractivity contribution in [2.75, 3.05) is 5.32 Å². The molecule has 0 radical (unpaired) electrons. The molecule has 5 nitrogen and oxygen atoms in total. The average Bonchev–Trinajstić information content (AvgIpc) is 3.35. The molecule has 1 aromatic carbocycles. The normalized spacial score (nSPS) is 11.2. The van der Waals surface area contributed by atoms with Gasteiger partial charge in [-0.3, -0.25) is 10.1 Å². The Morgan fingerprint density at radius 3 is 2.85 bits per heavy atom. The fourth-order valence-electron chi connectivity index (χ4n) is 2.90. The van der Waals surface area contributed by atoms with Crippen molar-refractivity contribution in [2.45, 2.75) is 26.8 Å². The summed E-state index contributed by atoms with van der Waals surface area (Å²) in [6.45, 7) is 4.79. The molecule has 0 spiro atoms. The first-order valence-corrected chi connectivity index (χ1v) is 10.2. The minimum atomic E-state index is -0.158. The molecule has 0 saturated carbocycles. The van der Waals surface area contributed by atoms with E-state index in [1.165, 1.54) is 11.3 Å². The van der Waals surface area contributed by atoms with Crippen LogP contribution in [0.5, 0.6) is 0 Å². The molecule has 1 N–H and O–H groups in total. The van der Waals surface area contributed by atoms with Crippen LogP contribution in [-0.4, -0.2) is 20.4 Å². The Morgan fingerprint density at radius 1 is 1.23 bits per heavy atom. The summed E-state index contributed by atoms with van der Waals surface area (Å²) in [5.74, 6) is 0.428. The van der Waals surface area contributed by atoms with E-state index in [0.29, 0.717) is 10.8 Å². The number of aryl methyl sites for hydroxylation is 2. The maximum absolute atomic E-state index is 12.9. The number of nitrogens with zero attached hydrogens (tertiary/aromatic N) is 3. The van der Waals surface area contributed by atoms with E-state index in [2.05, 4.69) is 26.8 Å². The lowest BCUT2D eigenvalue weighted by Gasteiger charge is -2.08. The summed E-state index contributed by atoms with van der Waals surface area (Å²) in [5, 5.41) is 7.91. The number of nitrogens with one attached hydrogen (secondary N) is 1. The first-order valence-electron chi connectivity index (χ1n) is 8.44. The van der Waals surface area contributed by atoms with Gasteiger partial charge in [-0.05, 0) is 36.9 Å². The topological polar surface area (TPSA) is 59.8 Å². The molecule has 0 atom stereocenters. The second-order valence-corrected chi connectivity index (χ2v) is 7.75. The van der Waals surface area contributed by atoms with Gasteiger partial charge in [0.15, 0.2) is 0 Å². The number of amides is 1. The predicted molar refractivity (Wildman–Crippen MR) is 108 cm³/mol. The minimum absolute atomic E-state index is 0.158. The summed E-state index contributed by atoms with van der Waals surface area (Å²) < 4.78 is 2.06. The van der Waals surface area contributed by atoms with E-state index in [4.69, 9.17) is 0 Å². The third kappa shape index (κ3) is 3.04. The minimum Gasteiger partial charge on any atom is -0.310 e. The summed E-state index contributed by atoms with van der Waals surface area (Å²) in [6, 6.07) is 9.95. The van der Waals surface area contributed by atoms with Crippen molar-refractivity contribution in [1.29, 1.82) is 0 Å². The van der Waals surface area contributed by atoms with Gasteiger partial charge in [-0.15, -0.1) is 11.3 Å². The van der Waals surface area contributed by atoms with E-state index in [9.17, 15) is 4.79 Å². The van der Waals surface area contributed by atoms with Crippen LogP contribution in [0, 0.1) is 6.92 Å². The van der Waals surface area contributed by atoms with E-state index >= 15 is 0 Å². The fourth-order valence-corrected chi connectivity index (χ4v) is 4.57. The summed E-state index contributed by atoms with van der Waals surface area (Å²) in [6.07, 6.45) is 0.963. The molecular formula is C19H18N4OS2. The molecule has 0 aliphatic rings. The number of thiophene rings is 1. The molecule has 4 aromatic rings. The van der Waals surface area contributed by atoms with Gasteiger partial charge in [0, 0.05) is 17.5 Å². The number of hydrogen-bond acceptors (Lipinski definition) is 5. The van der Waals surface area contributed by atoms with Gasteiger partial charge in [-0.2, -0.15) is 11.3 Å².